The summed E-state index contributed by atoms with van der Waals surface area (Å²) in [5.41, 5.74) is 15.5. The van der Waals surface area contributed by atoms with E-state index in [0.29, 0.717) is 0 Å². The molecule has 0 fully saturated rings. The molecule has 0 atom stereocenters. The summed E-state index contributed by atoms with van der Waals surface area (Å²) in [7, 11) is 0. The second kappa shape index (κ2) is 15.5. The van der Waals surface area contributed by atoms with Crippen LogP contribution < -0.4 is 0 Å². The lowest BCUT2D eigenvalue weighted by molar-refractivity contribution is 1.12. The van der Waals surface area contributed by atoms with Gasteiger partial charge < -0.3 is 0 Å². The molecule has 12 rings (SSSR count). The van der Waals surface area contributed by atoms with Crippen molar-refractivity contribution in [1.82, 2.24) is 0 Å². The lowest BCUT2D eigenvalue weighted by atomic mass is 9.81. The quantitative estimate of drug-likeness (QED) is 0.111. The number of benzene rings is 12. The normalized spacial score (nSPS) is 11.7. The standard InChI is InChI=1S/C64H46/c1-3-41-20-8-10-24-47(41)49-36-34-45(38-42(49)4-2)63-56-32-18-19-33-57(56)64(59-39-44-23-9-11-25-48(44)50-26-12-13-27-51(50)59)58-37-35-46(40-60(58)63)62-54-30-16-14-28-52(54)61(43-21-6-5-7-22-43)53-29-15-17-31-55(53)62/h5-40H,3-4H2,1-2H3. The third-order valence-corrected chi connectivity index (χ3v) is 13.8. The molecule has 0 aliphatic rings. The first-order valence-electron chi connectivity index (χ1n) is 22.8. The van der Waals surface area contributed by atoms with E-state index < -0.39 is 0 Å². The fourth-order valence-corrected chi connectivity index (χ4v) is 10.9. The van der Waals surface area contributed by atoms with Crippen molar-refractivity contribution in [3.05, 3.63) is 230 Å². The van der Waals surface area contributed by atoms with Crippen LogP contribution in [0.15, 0.2) is 218 Å². The number of aryl methyl sites for hydroxylation is 2. The minimum absolute atomic E-state index is 0.940. The van der Waals surface area contributed by atoms with Gasteiger partial charge >= 0.3 is 0 Å². The Morgan fingerprint density at radius 2 is 0.672 bits per heavy atom. The predicted octanol–water partition coefficient (Wildman–Crippen LogP) is 18.1. The molecule has 0 heteroatoms. The van der Waals surface area contributed by atoms with Gasteiger partial charge in [0.2, 0.25) is 0 Å². The summed E-state index contributed by atoms with van der Waals surface area (Å²) in [4.78, 5) is 0. The van der Waals surface area contributed by atoms with Gasteiger partial charge in [0.15, 0.2) is 0 Å². The van der Waals surface area contributed by atoms with E-state index in [-0.39, 0.29) is 0 Å². The molecule has 0 unspecified atom stereocenters. The number of hydrogen-bond donors (Lipinski definition) is 0. The van der Waals surface area contributed by atoms with Crippen LogP contribution in [0.2, 0.25) is 0 Å². The molecule has 0 nitrogen and oxygen atoms in total. The molecular weight excluding hydrogens is 769 g/mol. The van der Waals surface area contributed by atoms with Gasteiger partial charge in [0, 0.05) is 0 Å². The topological polar surface area (TPSA) is 0 Å². The summed E-state index contributed by atoms with van der Waals surface area (Å²) in [6.45, 7) is 4.56. The van der Waals surface area contributed by atoms with Crippen LogP contribution in [0.25, 0.3) is 120 Å². The van der Waals surface area contributed by atoms with Crippen molar-refractivity contribution in [2.45, 2.75) is 26.7 Å². The van der Waals surface area contributed by atoms with Crippen LogP contribution in [0.1, 0.15) is 25.0 Å². The molecule has 0 amide bonds. The highest BCUT2D eigenvalue weighted by molar-refractivity contribution is 6.27. The van der Waals surface area contributed by atoms with Crippen molar-refractivity contribution < 1.29 is 0 Å². The van der Waals surface area contributed by atoms with Gasteiger partial charge in [0.1, 0.15) is 0 Å². The maximum Gasteiger partial charge on any atom is -0.00199 e. The molecule has 0 aliphatic carbocycles. The average Bonchev–Trinajstić information content (AvgIpc) is 3.37. The molecule has 0 spiro atoms. The maximum atomic E-state index is 2.52. The minimum atomic E-state index is 0.940. The van der Waals surface area contributed by atoms with Crippen LogP contribution in [-0.2, 0) is 12.8 Å². The average molecular weight is 815 g/mol. The smallest absolute Gasteiger partial charge is 0.00199 e. The Morgan fingerprint density at radius 1 is 0.234 bits per heavy atom. The first-order chi connectivity index (χ1) is 31.7. The van der Waals surface area contributed by atoms with Crippen molar-refractivity contribution in [1.29, 1.82) is 0 Å². The van der Waals surface area contributed by atoms with Crippen LogP contribution in [0.4, 0.5) is 0 Å². The zero-order chi connectivity index (χ0) is 42.7. The van der Waals surface area contributed by atoms with Gasteiger partial charge in [-0.15, -0.1) is 0 Å². The van der Waals surface area contributed by atoms with E-state index in [1.165, 1.54) is 131 Å². The molecule has 12 aromatic rings. The van der Waals surface area contributed by atoms with Gasteiger partial charge in [0.05, 0.1) is 0 Å². The van der Waals surface area contributed by atoms with E-state index in [2.05, 4.69) is 232 Å². The first-order valence-corrected chi connectivity index (χ1v) is 22.8. The van der Waals surface area contributed by atoms with Gasteiger partial charge in [0.25, 0.3) is 0 Å². The van der Waals surface area contributed by atoms with Gasteiger partial charge in [-0.05, 0) is 156 Å². The third-order valence-electron chi connectivity index (χ3n) is 13.8. The fourth-order valence-electron chi connectivity index (χ4n) is 10.9. The van der Waals surface area contributed by atoms with Crippen molar-refractivity contribution in [3.8, 4) is 55.6 Å². The molecule has 0 heterocycles. The molecule has 0 N–H and O–H groups in total. The van der Waals surface area contributed by atoms with Gasteiger partial charge in [-0.25, -0.2) is 0 Å². The van der Waals surface area contributed by atoms with Crippen molar-refractivity contribution >= 4 is 64.6 Å². The SMILES string of the molecule is CCc1ccccc1-c1ccc(-c2c3ccccc3c(-c3cc4ccccc4c4ccccc34)c3ccc(-c4c5ccccc5c(-c5ccccc5)c5ccccc45)cc23)cc1CC. The number of hydrogen-bond acceptors (Lipinski definition) is 0. The third kappa shape index (κ3) is 5.98. The first kappa shape index (κ1) is 37.9. The highest BCUT2D eigenvalue weighted by Gasteiger charge is 2.23. The predicted molar refractivity (Wildman–Crippen MR) is 277 cm³/mol. The molecule has 302 valence electrons. The van der Waals surface area contributed by atoms with Crippen molar-refractivity contribution in [3.63, 3.8) is 0 Å². The monoisotopic (exact) mass is 814 g/mol. The Bertz CT molecular complexity index is 3740. The molecule has 0 aromatic heterocycles. The molecule has 12 aromatic carbocycles. The number of fused-ring (bicyclic) bond motifs is 7. The second-order valence-corrected chi connectivity index (χ2v) is 17.2. The molecule has 64 heavy (non-hydrogen) atoms. The van der Waals surface area contributed by atoms with Crippen LogP contribution in [0.5, 0.6) is 0 Å². The Kier molecular flexibility index (Phi) is 9.20. The van der Waals surface area contributed by atoms with Crippen LogP contribution in [-0.4, -0.2) is 0 Å². The summed E-state index contributed by atoms with van der Waals surface area (Å²) < 4.78 is 0. The Morgan fingerprint density at radius 3 is 1.31 bits per heavy atom. The van der Waals surface area contributed by atoms with Crippen molar-refractivity contribution in [2.75, 3.05) is 0 Å². The van der Waals surface area contributed by atoms with Gasteiger partial charge in [-0.3, -0.25) is 0 Å². The molecule has 0 saturated heterocycles. The Balaban J connectivity index is 1.22. The van der Waals surface area contributed by atoms with E-state index in [0.717, 1.165) is 12.8 Å². The van der Waals surface area contributed by atoms with E-state index >= 15 is 0 Å². The van der Waals surface area contributed by atoms with Crippen LogP contribution in [0.3, 0.4) is 0 Å². The summed E-state index contributed by atoms with van der Waals surface area (Å²) in [5, 5.41) is 15.2. The molecule has 0 bridgehead atoms. The van der Waals surface area contributed by atoms with Crippen LogP contribution >= 0.6 is 0 Å². The maximum absolute atomic E-state index is 2.52. The lowest BCUT2D eigenvalue weighted by Gasteiger charge is -2.22. The highest BCUT2D eigenvalue weighted by Crippen LogP contribution is 2.50. The van der Waals surface area contributed by atoms with Crippen LogP contribution in [0, 0.1) is 0 Å². The van der Waals surface area contributed by atoms with E-state index in [1.54, 1.807) is 0 Å². The van der Waals surface area contributed by atoms with Gasteiger partial charge in [-0.2, -0.15) is 0 Å². The van der Waals surface area contributed by atoms with Crippen molar-refractivity contribution in [2.24, 2.45) is 0 Å². The zero-order valence-corrected chi connectivity index (χ0v) is 36.2. The van der Waals surface area contributed by atoms with E-state index in [4.69, 9.17) is 0 Å². The summed E-state index contributed by atoms with van der Waals surface area (Å²) >= 11 is 0. The molecule has 0 radical (unpaired) electrons. The second-order valence-electron chi connectivity index (χ2n) is 17.2. The molecule has 0 saturated carbocycles. The lowest BCUT2D eigenvalue weighted by Crippen LogP contribution is -1.96. The minimum Gasteiger partial charge on any atom is -0.0622 e. The zero-order valence-electron chi connectivity index (χ0n) is 36.2. The Labute approximate surface area is 374 Å². The fraction of sp³-hybridized carbons (Fsp3) is 0.0625. The number of rotatable bonds is 7. The summed E-state index contributed by atoms with van der Waals surface area (Å²) in [5.74, 6) is 0. The van der Waals surface area contributed by atoms with Gasteiger partial charge in [-0.1, -0.05) is 220 Å². The van der Waals surface area contributed by atoms with E-state index in [1.807, 2.05) is 0 Å². The highest BCUT2D eigenvalue weighted by atomic mass is 14.3. The molecular formula is C64H46. The summed E-state index contributed by atoms with van der Waals surface area (Å²) in [6.07, 6.45) is 1.94. The molecule has 0 aliphatic heterocycles. The Hall–Kier alpha value is -7.80. The van der Waals surface area contributed by atoms with E-state index in [9.17, 15) is 0 Å². The largest absolute Gasteiger partial charge is 0.0622 e. The summed E-state index contributed by atoms with van der Waals surface area (Å²) in [6, 6.07) is 81.9.